The molecule has 4 unspecified atom stereocenters. The Balaban J connectivity index is 1.72. The molecule has 23 heavy (non-hydrogen) atoms. The van der Waals surface area contributed by atoms with Gasteiger partial charge >= 0.3 is 0 Å². The SMILES string of the molecule is COC1CCC2C(NS(=O)(=O)c3ccc(C)cc3)CCCC2O1. The van der Waals surface area contributed by atoms with E-state index in [1.54, 1.807) is 19.2 Å². The molecule has 1 saturated heterocycles. The van der Waals surface area contributed by atoms with E-state index in [4.69, 9.17) is 9.47 Å². The molecule has 0 spiro atoms. The van der Waals surface area contributed by atoms with Crippen LogP contribution >= 0.6 is 0 Å². The molecule has 1 N–H and O–H groups in total. The molecule has 1 heterocycles. The van der Waals surface area contributed by atoms with Gasteiger partial charge in [-0.05, 0) is 51.2 Å². The van der Waals surface area contributed by atoms with Crippen molar-refractivity contribution in [2.45, 2.75) is 62.4 Å². The summed E-state index contributed by atoms with van der Waals surface area (Å²) in [6.07, 6.45) is 4.51. The standard InChI is InChI=1S/C17H25NO4S/c1-12-6-8-13(9-7-12)23(19,20)18-15-4-3-5-16-14(15)10-11-17(21-2)22-16/h6-9,14-18H,3-5,10-11H2,1-2H3. The molecule has 6 heteroatoms. The fourth-order valence-corrected chi connectivity index (χ4v) is 5.00. The molecular weight excluding hydrogens is 314 g/mol. The molecule has 128 valence electrons. The predicted octanol–water partition coefficient (Wildman–Crippen LogP) is 2.59. The Kier molecular flexibility index (Phi) is 5.06. The van der Waals surface area contributed by atoms with E-state index >= 15 is 0 Å². The lowest BCUT2D eigenvalue weighted by atomic mass is 9.78. The molecule has 4 atom stereocenters. The minimum absolute atomic E-state index is 0.0575. The highest BCUT2D eigenvalue weighted by atomic mass is 32.2. The summed E-state index contributed by atoms with van der Waals surface area (Å²) < 4.78 is 39.4. The molecule has 0 aromatic heterocycles. The Bertz CT molecular complexity index is 628. The largest absolute Gasteiger partial charge is 0.356 e. The molecule has 1 aromatic carbocycles. The van der Waals surface area contributed by atoms with Gasteiger partial charge in [0.05, 0.1) is 11.0 Å². The maximum Gasteiger partial charge on any atom is 0.240 e. The normalized spacial score (nSPS) is 31.6. The summed E-state index contributed by atoms with van der Waals surface area (Å²) in [4.78, 5) is 0.330. The maximum absolute atomic E-state index is 12.6. The maximum atomic E-state index is 12.6. The third kappa shape index (κ3) is 3.76. The van der Waals surface area contributed by atoms with Crippen molar-refractivity contribution in [3.8, 4) is 0 Å². The van der Waals surface area contributed by atoms with E-state index in [1.807, 2.05) is 19.1 Å². The first kappa shape index (κ1) is 16.9. The third-order valence-corrected chi connectivity index (χ3v) is 6.47. The third-order valence-electron chi connectivity index (χ3n) is 4.96. The monoisotopic (exact) mass is 339 g/mol. The summed E-state index contributed by atoms with van der Waals surface area (Å²) >= 11 is 0. The van der Waals surface area contributed by atoms with Gasteiger partial charge in [0, 0.05) is 19.1 Å². The van der Waals surface area contributed by atoms with Crippen molar-refractivity contribution in [1.82, 2.24) is 4.72 Å². The van der Waals surface area contributed by atoms with Crippen LogP contribution in [0.4, 0.5) is 0 Å². The number of methoxy groups -OCH3 is 1. The Labute approximate surface area is 138 Å². The van der Waals surface area contributed by atoms with Gasteiger partial charge < -0.3 is 9.47 Å². The lowest BCUT2D eigenvalue weighted by Crippen LogP contribution is -2.51. The molecule has 0 bridgehead atoms. The van der Waals surface area contributed by atoms with Gasteiger partial charge in [-0.25, -0.2) is 13.1 Å². The zero-order chi connectivity index (χ0) is 16.4. The number of rotatable bonds is 4. The van der Waals surface area contributed by atoms with Gasteiger partial charge in [0.2, 0.25) is 10.0 Å². The van der Waals surface area contributed by atoms with Gasteiger partial charge in [0.15, 0.2) is 6.29 Å². The molecule has 0 amide bonds. The minimum Gasteiger partial charge on any atom is -0.356 e. The summed E-state index contributed by atoms with van der Waals surface area (Å²) in [6.45, 7) is 1.95. The molecule has 5 nitrogen and oxygen atoms in total. The number of nitrogens with one attached hydrogen (secondary N) is 1. The molecule has 1 aromatic rings. The Morgan fingerprint density at radius 1 is 1.13 bits per heavy atom. The van der Waals surface area contributed by atoms with E-state index in [0.717, 1.165) is 37.7 Å². The molecular formula is C17H25NO4S. The molecule has 1 saturated carbocycles. The summed E-state index contributed by atoms with van der Waals surface area (Å²) in [5.74, 6) is 0.232. The van der Waals surface area contributed by atoms with Gasteiger partial charge in [-0.1, -0.05) is 17.7 Å². The van der Waals surface area contributed by atoms with Gasteiger partial charge in [-0.15, -0.1) is 0 Å². The Morgan fingerprint density at radius 3 is 2.57 bits per heavy atom. The number of aryl methyl sites for hydroxylation is 1. The topological polar surface area (TPSA) is 64.6 Å². The lowest BCUT2D eigenvalue weighted by molar-refractivity contribution is -0.207. The van der Waals surface area contributed by atoms with Crippen LogP contribution < -0.4 is 4.72 Å². The van der Waals surface area contributed by atoms with Gasteiger partial charge in [0.25, 0.3) is 0 Å². The van der Waals surface area contributed by atoms with E-state index < -0.39 is 10.0 Å². The zero-order valence-corrected chi connectivity index (χ0v) is 14.5. The number of benzene rings is 1. The first-order valence-corrected chi connectivity index (χ1v) is 9.75. The zero-order valence-electron chi connectivity index (χ0n) is 13.7. The predicted molar refractivity (Wildman–Crippen MR) is 87.5 cm³/mol. The average Bonchev–Trinajstić information content (AvgIpc) is 2.54. The van der Waals surface area contributed by atoms with Crippen LogP contribution in [-0.2, 0) is 19.5 Å². The molecule has 0 radical (unpaired) electrons. The van der Waals surface area contributed by atoms with E-state index in [-0.39, 0.29) is 24.4 Å². The number of fused-ring (bicyclic) bond motifs is 1. The van der Waals surface area contributed by atoms with E-state index in [1.165, 1.54) is 0 Å². The first-order valence-electron chi connectivity index (χ1n) is 8.27. The fourth-order valence-electron chi connectivity index (χ4n) is 3.68. The second kappa shape index (κ2) is 6.89. The second-order valence-corrected chi connectivity index (χ2v) is 8.27. The smallest absolute Gasteiger partial charge is 0.240 e. The van der Waals surface area contributed by atoms with Crippen LogP contribution in [0.25, 0.3) is 0 Å². The number of hydrogen-bond acceptors (Lipinski definition) is 4. The number of ether oxygens (including phenoxy) is 2. The number of hydrogen-bond donors (Lipinski definition) is 1. The Morgan fingerprint density at radius 2 is 1.87 bits per heavy atom. The summed E-state index contributed by atoms with van der Waals surface area (Å²) in [5, 5.41) is 0. The van der Waals surface area contributed by atoms with Crippen molar-refractivity contribution < 1.29 is 17.9 Å². The van der Waals surface area contributed by atoms with Crippen molar-refractivity contribution in [3.05, 3.63) is 29.8 Å². The van der Waals surface area contributed by atoms with Crippen LogP contribution in [0.3, 0.4) is 0 Å². The van der Waals surface area contributed by atoms with Crippen molar-refractivity contribution in [1.29, 1.82) is 0 Å². The molecule has 1 aliphatic heterocycles. The number of sulfonamides is 1. The van der Waals surface area contributed by atoms with Crippen LogP contribution in [0.2, 0.25) is 0 Å². The highest BCUT2D eigenvalue weighted by Crippen LogP contribution is 2.36. The van der Waals surface area contributed by atoms with Crippen LogP contribution in [0.15, 0.2) is 29.2 Å². The molecule has 3 rings (SSSR count). The summed E-state index contributed by atoms with van der Waals surface area (Å²) in [5.41, 5.74) is 1.05. The van der Waals surface area contributed by atoms with Crippen LogP contribution in [0.1, 0.15) is 37.7 Å². The van der Waals surface area contributed by atoms with Crippen LogP contribution in [0.5, 0.6) is 0 Å². The highest BCUT2D eigenvalue weighted by molar-refractivity contribution is 7.89. The van der Waals surface area contributed by atoms with Crippen LogP contribution in [-0.4, -0.2) is 34.0 Å². The van der Waals surface area contributed by atoms with Gasteiger partial charge in [-0.3, -0.25) is 0 Å². The minimum atomic E-state index is -3.48. The van der Waals surface area contributed by atoms with Crippen molar-refractivity contribution in [2.75, 3.05) is 7.11 Å². The molecule has 2 fully saturated rings. The van der Waals surface area contributed by atoms with Crippen molar-refractivity contribution in [2.24, 2.45) is 5.92 Å². The quantitative estimate of drug-likeness (QED) is 0.916. The van der Waals surface area contributed by atoms with E-state index in [0.29, 0.717) is 4.90 Å². The average molecular weight is 339 g/mol. The highest BCUT2D eigenvalue weighted by Gasteiger charge is 2.40. The van der Waals surface area contributed by atoms with Gasteiger partial charge in [0.1, 0.15) is 0 Å². The fraction of sp³-hybridized carbons (Fsp3) is 0.647. The summed E-state index contributed by atoms with van der Waals surface area (Å²) in [7, 11) is -1.82. The first-order chi connectivity index (χ1) is 11.0. The van der Waals surface area contributed by atoms with Crippen molar-refractivity contribution >= 4 is 10.0 Å². The molecule has 1 aliphatic carbocycles. The lowest BCUT2D eigenvalue weighted by Gasteiger charge is -2.43. The molecule has 2 aliphatic rings. The van der Waals surface area contributed by atoms with E-state index in [9.17, 15) is 8.42 Å². The van der Waals surface area contributed by atoms with E-state index in [2.05, 4.69) is 4.72 Å². The van der Waals surface area contributed by atoms with Crippen LogP contribution in [0, 0.1) is 12.8 Å². The van der Waals surface area contributed by atoms with Gasteiger partial charge in [-0.2, -0.15) is 0 Å². The summed E-state index contributed by atoms with van der Waals surface area (Å²) in [6, 6.07) is 6.92. The second-order valence-electron chi connectivity index (χ2n) is 6.55. The van der Waals surface area contributed by atoms with Crippen molar-refractivity contribution in [3.63, 3.8) is 0 Å². The Hall–Kier alpha value is -0.950.